The van der Waals surface area contributed by atoms with E-state index >= 15 is 0 Å². The molecule has 3 rings (SSSR count). The van der Waals surface area contributed by atoms with Gasteiger partial charge in [0.2, 0.25) is 0 Å². The normalized spacial score (nSPS) is 10.3. The van der Waals surface area contributed by atoms with E-state index in [4.69, 9.17) is 0 Å². The molecule has 0 radical (unpaired) electrons. The highest BCUT2D eigenvalue weighted by molar-refractivity contribution is 6.05. The minimum atomic E-state index is 0.0285. The molecule has 102 valence electrons. The SMILES string of the molecule is CC(=O)c1c(-c2ccccc2)ccnc1-c1ccccc1. The fourth-order valence-corrected chi connectivity index (χ4v) is 2.49. The van der Waals surface area contributed by atoms with Crippen molar-refractivity contribution in [2.24, 2.45) is 0 Å². The van der Waals surface area contributed by atoms with E-state index in [1.807, 2.05) is 66.7 Å². The molecule has 1 heterocycles. The maximum atomic E-state index is 12.2. The molecule has 2 heteroatoms. The highest BCUT2D eigenvalue weighted by atomic mass is 16.1. The third-order valence-electron chi connectivity index (χ3n) is 3.44. The fraction of sp³-hybridized carbons (Fsp3) is 0.0526. The number of Topliss-reactive ketones (excluding diaryl/α,β-unsaturated/α-hetero) is 1. The van der Waals surface area contributed by atoms with Crippen LogP contribution in [0.25, 0.3) is 22.4 Å². The number of rotatable bonds is 3. The van der Waals surface area contributed by atoms with Gasteiger partial charge in [0.05, 0.1) is 11.3 Å². The van der Waals surface area contributed by atoms with Gasteiger partial charge < -0.3 is 0 Å². The van der Waals surface area contributed by atoms with Crippen molar-refractivity contribution in [2.75, 3.05) is 0 Å². The molecule has 0 amide bonds. The summed E-state index contributed by atoms with van der Waals surface area (Å²) in [5, 5.41) is 0. The Kier molecular flexibility index (Phi) is 3.61. The molecule has 0 atom stereocenters. The number of carbonyl (C=O) groups is 1. The lowest BCUT2D eigenvalue weighted by Gasteiger charge is -2.12. The largest absolute Gasteiger partial charge is 0.294 e. The number of ketones is 1. The van der Waals surface area contributed by atoms with Gasteiger partial charge in [0.15, 0.2) is 5.78 Å². The van der Waals surface area contributed by atoms with Crippen LogP contribution in [-0.2, 0) is 0 Å². The van der Waals surface area contributed by atoms with Crippen molar-refractivity contribution in [2.45, 2.75) is 6.92 Å². The average Bonchev–Trinajstić information content (AvgIpc) is 2.55. The number of benzene rings is 2. The molecule has 0 bridgehead atoms. The van der Waals surface area contributed by atoms with E-state index < -0.39 is 0 Å². The summed E-state index contributed by atoms with van der Waals surface area (Å²) in [5.41, 5.74) is 4.33. The molecule has 0 aliphatic carbocycles. The summed E-state index contributed by atoms with van der Waals surface area (Å²) < 4.78 is 0. The number of hydrogen-bond donors (Lipinski definition) is 0. The zero-order valence-electron chi connectivity index (χ0n) is 11.8. The Morgan fingerprint density at radius 1 is 0.810 bits per heavy atom. The molecule has 0 fully saturated rings. The predicted molar refractivity (Wildman–Crippen MR) is 85.1 cm³/mol. The Bertz CT molecular complexity index is 706. The molecule has 2 aromatic carbocycles. The van der Waals surface area contributed by atoms with Crippen LogP contribution in [0, 0.1) is 0 Å². The van der Waals surface area contributed by atoms with Gasteiger partial charge in [0.1, 0.15) is 0 Å². The van der Waals surface area contributed by atoms with Gasteiger partial charge in [-0.15, -0.1) is 0 Å². The van der Waals surface area contributed by atoms with Crippen molar-refractivity contribution in [3.63, 3.8) is 0 Å². The summed E-state index contributed by atoms with van der Waals surface area (Å²) in [6.07, 6.45) is 1.76. The van der Waals surface area contributed by atoms with Crippen LogP contribution in [0.4, 0.5) is 0 Å². The summed E-state index contributed by atoms with van der Waals surface area (Å²) in [6, 6.07) is 21.7. The Morgan fingerprint density at radius 3 is 1.95 bits per heavy atom. The molecule has 0 saturated heterocycles. The summed E-state index contributed by atoms with van der Waals surface area (Å²) in [4.78, 5) is 16.6. The molecule has 2 nitrogen and oxygen atoms in total. The second-order valence-electron chi connectivity index (χ2n) is 4.87. The maximum Gasteiger partial charge on any atom is 0.162 e. The molecule has 0 aliphatic heterocycles. The van der Waals surface area contributed by atoms with Gasteiger partial charge in [0.25, 0.3) is 0 Å². The first-order chi connectivity index (χ1) is 10.3. The van der Waals surface area contributed by atoms with Crippen LogP contribution in [0.15, 0.2) is 72.9 Å². The highest BCUT2D eigenvalue weighted by Gasteiger charge is 2.16. The van der Waals surface area contributed by atoms with E-state index in [-0.39, 0.29) is 5.78 Å². The molecule has 0 N–H and O–H groups in total. The van der Waals surface area contributed by atoms with Gasteiger partial charge in [-0.25, -0.2) is 0 Å². The minimum Gasteiger partial charge on any atom is -0.294 e. The standard InChI is InChI=1S/C19H15NO/c1-14(21)18-17(15-8-4-2-5-9-15)12-13-20-19(18)16-10-6-3-7-11-16/h2-13H,1H3. The van der Waals surface area contributed by atoms with Crippen molar-refractivity contribution in [3.05, 3.63) is 78.5 Å². The van der Waals surface area contributed by atoms with Crippen molar-refractivity contribution < 1.29 is 4.79 Å². The molecular formula is C19H15NO. The van der Waals surface area contributed by atoms with Gasteiger partial charge in [-0.3, -0.25) is 9.78 Å². The Morgan fingerprint density at radius 2 is 1.38 bits per heavy atom. The predicted octanol–water partition coefficient (Wildman–Crippen LogP) is 4.62. The van der Waals surface area contributed by atoms with E-state index in [1.54, 1.807) is 13.1 Å². The summed E-state index contributed by atoms with van der Waals surface area (Å²) in [7, 11) is 0. The minimum absolute atomic E-state index is 0.0285. The Balaban J connectivity index is 2.26. The maximum absolute atomic E-state index is 12.2. The van der Waals surface area contributed by atoms with Crippen LogP contribution in [0.2, 0.25) is 0 Å². The molecule has 0 saturated carbocycles. The highest BCUT2D eigenvalue weighted by Crippen LogP contribution is 2.30. The van der Waals surface area contributed by atoms with E-state index in [1.165, 1.54) is 0 Å². The smallest absolute Gasteiger partial charge is 0.162 e. The van der Waals surface area contributed by atoms with Gasteiger partial charge in [-0.1, -0.05) is 60.7 Å². The van der Waals surface area contributed by atoms with Gasteiger partial charge in [-0.05, 0) is 24.1 Å². The number of pyridine rings is 1. The fourth-order valence-electron chi connectivity index (χ4n) is 2.49. The Labute approximate surface area is 124 Å². The van der Waals surface area contributed by atoms with E-state index in [9.17, 15) is 4.79 Å². The topological polar surface area (TPSA) is 30.0 Å². The van der Waals surface area contributed by atoms with Crippen LogP contribution in [0.5, 0.6) is 0 Å². The lowest BCUT2D eigenvalue weighted by Crippen LogP contribution is -2.02. The third kappa shape index (κ3) is 2.61. The lowest BCUT2D eigenvalue weighted by molar-refractivity contribution is 0.101. The van der Waals surface area contributed by atoms with Gasteiger partial charge in [0, 0.05) is 11.8 Å². The first kappa shape index (κ1) is 13.3. The van der Waals surface area contributed by atoms with Crippen molar-refractivity contribution in [1.82, 2.24) is 4.98 Å². The monoisotopic (exact) mass is 273 g/mol. The summed E-state index contributed by atoms with van der Waals surface area (Å²) in [5.74, 6) is 0.0285. The first-order valence-electron chi connectivity index (χ1n) is 6.88. The van der Waals surface area contributed by atoms with Crippen LogP contribution >= 0.6 is 0 Å². The molecule has 3 aromatic rings. The molecule has 21 heavy (non-hydrogen) atoms. The van der Waals surface area contributed by atoms with Crippen LogP contribution in [0.1, 0.15) is 17.3 Å². The summed E-state index contributed by atoms with van der Waals surface area (Å²) in [6.45, 7) is 1.59. The quantitative estimate of drug-likeness (QED) is 0.652. The van der Waals surface area contributed by atoms with Crippen LogP contribution in [-0.4, -0.2) is 10.8 Å². The molecule has 0 spiro atoms. The molecular weight excluding hydrogens is 258 g/mol. The molecule has 1 aromatic heterocycles. The number of carbonyl (C=O) groups excluding carboxylic acids is 1. The zero-order chi connectivity index (χ0) is 14.7. The number of aromatic nitrogens is 1. The van der Waals surface area contributed by atoms with Crippen LogP contribution < -0.4 is 0 Å². The number of nitrogens with zero attached hydrogens (tertiary/aromatic N) is 1. The zero-order valence-corrected chi connectivity index (χ0v) is 11.8. The average molecular weight is 273 g/mol. The second kappa shape index (κ2) is 5.71. The van der Waals surface area contributed by atoms with Crippen molar-refractivity contribution in [1.29, 1.82) is 0 Å². The number of hydrogen-bond acceptors (Lipinski definition) is 2. The second-order valence-corrected chi connectivity index (χ2v) is 4.87. The first-order valence-corrected chi connectivity index (χ1v) is 6.88. The van der Waals surface area contributed by atoms with E-state index in [2.05, 4.69) is 4.98 Å². The van der Waals surface area contributed by atoms with Gasteiger partial charge in [-0.2, -0.15) is 0 Å². The van der Waals surface area contributed by atoms with Crippen molar-refractivity contribution >= 4 is 5.78 Å². The van der Waals surface area contributed by atoms with E-state index in [0.29, 0.717) is 5.56 Å². The van der Waals surface area contributed by atoms with Gasteiger partial charge >= 0.3 is 0 Å². The van der Waals surface area contributed by atoms with Crippen LogP contribution in [0.3, 0.4) is 0 Å². The Hall–Kier alpha value is -2.74. The lowest BCUT2D eigenvalue weighted by atomic mass is 9.94. The molecule has 0 aliphatic rings. The van der Waals surface area contributed by atoms with Crippen molar-refractivity contribution in [3.8, 4) is 22.4 Å². The van der Waals surface area contributed by atoms with E-state index in [0.717, 1.165) is 22.4 Å². The molecule has 0 unspecified atom stereocenters. The summed E-state index contributed by atoms with van der Waals surface area (Å²) >= 11 is 0. The third-order valence-corrected chi connectivity index (χ3v) is 3.44.